The van der Waals surface area contributed by atoms with Crippen LogP contribution in [0.15, 0.2) is 73.2 Å². The van der Waals surface area contributed by atoms with Crippen molar-refractivity contribution < 1.29 is 0 Å². The summed E-state index contributed by atoms with van der Waals surface area (Å²) < 4.78 is 0. The van der Waals surface area contributed by atoms with Gasteiger partial charge in [0.2, 0.25) is 0 Å². The van der Waals surface area contributed by atoms with E-state index in [9.17, 15) is 0 Å². The van der Waals surface area contributed by atoms with E-state index in [4.69, 9.17) is 5.73 Å². The summed E-state index contributed by atoms with van der Waals surface area (Å²) >= 11 is 0. The number of para-hydroxylation sites is 1. The highest BCUT2D eigenvalue weighted by Crippen LogP contribution is 2.29. The Bertz CT molecular complexity index is 1040. The van der Waals surface area contributed by atoms with Crippen molar-refractivity contribution in [2.75, 3.05) is 22.9 Å². The number of nitrogens with zero attached hydrogens (tertiary/aromatic N) is 3. The van der Waals surface area contributed by atoms with Crippen molar-refractivity contribution in [3.05, 3.63) is 78.8 Å². The average Bonchev–Trinajstić information content (AvgIpc) is 2.72. The summed E-state index contributed by atoms with van der Waals surface area (Å²) in [5, 5.41) is 7.63. The van der Waals surface area contributed by atoms with Crippen LogP contribution in [0.3, 0.4) is 0 Å². The summed E-state index contributed by atoms with van der Waals surface area (Å²) in [6, 6.07) is 20.2. The van der Waals surface area contributed by atoms with Gasteiger partial charge in [0.15, 0.2) is 11.6 Å². The molecular formula is C21H20N6. The maximum absolute atomic E-state index is 6.28. The van der Waals surface area contributed by atoms with Crippen LogP contribution in [0.4, 0.5) is 23.0 Å². The van der Waals surface area contributed by atoms with E-state index >= 15 is 0 Å². The van der Waals surface area contributed by atoms with E-state index in [-0.39, 0.29) is 0 Å². The Morgan fingerprint density at radius 2 is 1.63 bits per heavy atom. The van der Waals surface area contributed by atoms with E-state index in [1.807, 2.05) is 48.5 Å². The molecule has 0 radical (unpaired) electrons. The van der Waals surface area contributed by atoms with Gasteiger partial charge in [-0.2, -0.15) is 0 Å². The summed E-state index contributed by atoms with van der Waals surface area (Å²) in [7, 11) is 0. The fourth-order valence-corrected chi connectivity index (χ4v) is 2.94. The van der Waals surface area contributed by atoms with Gasteiger partial charge in [-0.05, 0) is 24.1 Å². The Hall–Kier alpha value is -3.67. The van der Waals surface area contributed by atoms with Crippen LogP contribution >= 0.6 is 0 Å². The van der Waals surface area contributed by atoms with Crippen LogP contribution in [-0.2, 0) is 6.42 Å². The molecule has 0 aliphatic rings. The number of nitrogens with two attached hydrogens (primary N) is 1. The van der Waals surface area contributed by atoms with E-state index in [2.05, 4.69) is 37.7 Å². The molecule has 0 atom stereocenters. The number of anilines is 4. The van der Waals surface area contributed by atoms with Gasteiger partial charge < -0.3 is 16.4 Å². The molecule has 6 heteroatoms. The third-order valence-electron chi connectivity index (χ3n) is 4.32. The first-order chi connectivity index (χ1) is 13.3. The van der Waals surface area contributed by atoms with E-state index in [1.165, 1.54) is 11.9 Å². The summed E-state index contributed by atoms with van der Waals surface area (Å²) in [4.78, 5) is 13.0. The largest absolute Gasteiger partial charge is 0.393 e. The lowest BCUT2D eigenvalue weighted by molar-refractivity contribution is 1.00. The second kappa shape index (κ2) is 7.70. The first-order valence-electron chi connectivity index (χ1n) is 8.80. The van der Waals surface area contributed by atoms with E-state index < -0.39 is 0 Å². The van der Waals surface area contributed by atoms with Crippen molar-refractivity contribution in [3.8, 4) is 0 Å². The molecule has 4 aromatic rings. The first kappa shape index (κ1) is 16.8. The number of rotatable bonds is 6. The predicted octanol–water partition coefficient (Wildman–Crippen LogP) is 4.01. The fourth-order valence-electron chi connectivity index (χ4n) is 2.94. The Morgan fingerprint density at radius 3 is 2.52 bits per heavy atom. The summed E-state index contributed by atoms with van der Waals surface area (Å²) in [5.74, 6) is 1.18. The highest BCUT2D eigenvalue weighted by Gasteiger charge is 2.10. The van der Waals surface area contributed by atoms with Gasteiger partial charge in [0.25, 0.3) is 0 Å². The number of nitrogens with one attached hydrogen (secondary N) is 2. The van der Waals surface area contributed by atoms with Crippen LogP contribution < -0.4 is 16.4 Å². The number of pyridine rings is 1. The van der Waals surface area contributed by atoms with Crippen molar-refractivity contribution >= 4 is 33.9 Å². The summed E-state index contributed by atoms with van der Waals surface area (Å²) in [5.41, 5.74) is 9.76. The lowest BCUT2D eigenvalue weighted by atomic mass is 10.1. The molecule has 0 amide bonds. The average molecular weight is 356 g/mol. The Kier molecular flexibility index (Phi) is 4.78. The molecule has 4 rings (SSSR count). The molecule has 0 saturated heterocycles. The maximum atomic E-state index is 6.28. The zero-order valence-corrected chi connectivity index (χ0v) is 14.8. The highest BCUT2D eigenvalue weighted by molar-refractivity contribution is 5.93. The zero-order chi connectivity index (χ0) is 18.5. The highest BCUT2D eigenvalue weighted by atomic mass is 15.1. The van der Waals surface area contributed by atoms with Crippen LogP contribution in [0.1, 0.15) is 5.56 Å². The fraction of sp³-hybridized carbons (Fsp3) is 0.0952. The van der Waals surface area contributed by atoms with Crippen LogP contribution in [-0.4, -0.2) is 21.5 Å². The van der Waals surface area contributed by atoms with Crippen molar-refractivity contribution in [1.82, 2.24) is 15.0 Å². The number of aromatic nitrogens is 3. The summed E-state index contributed by atoms with van der Waals surface area (Å²) in [6.45, 7) is 0.737. The first-order valence-corrected chi connectivity index (χ1v) is 8.80. The molecule has 0 fully saturated rings. The number of hydrogen-bond donors (Lipinski definition) is 3. The number of hydrogen-bond acceptors (Lipinski definition) is 6. The monoisotopic (exact) mass is 356 g/mol. The number of benzene rings is 2. The molecule has 2 aromatic carbocycles. The van der Waals surface area contributed by atoms with Gasteiger partial charge >= 0.3 is 0 Å². The lowest BCUT2D eigenvalue weighted by Gasteiger charge is -2.13. The Labute approximate surface area is 157 Å². The van der Waals surface area contributed by atoms with Crippen LogP contribution in [0.25, 0.3) is 10.9 Å². The molecule has 0 unspecified atom stereocenters. The molecule has 0 aliphatic heterocycles. The van der Waals surface area contributed by atoms with Gasteiger partial charge in [0, 0.05) is 18.1 Å². The van der Waals surface area contributed by atoms with Crippen molar-refractivity contribution in [1.29, 1.82) is 0 Å². The third-order valence-corrected chi connectivity index (χ3v) is 4.32. The zero-order valence-electron chi connectivity index (χ0n) is 14.8. The minimum absolute atomic E-state index is 0.485. The topological polar surface area (TPSA) is 88.8 Å². The van der Waals surface area contributed by atoms with Crippen LogP contribution in [0, 0.1) is 0 Å². The number of nitrogen functional groups attached to an aromatic ring is 1. The van der Waals surface area contributed by atoms with Crippen molar-refractivity contribution in [2.45, 2.75) is 6.42 Å². The molecule has 0 saturated carbocycles. The maximum Gasteiger partial charge on any atom is 0.159 e. The second-order valence-electron chi connectivity index (χ2n) is 6.15. The smallest absolute Gasteiger partial charge is 0.159 e. The van der Waals surface area contributed by atoms with Gasteiger partial charge in [0.1, 0.15) is 12.0 Å². The molecule has 0 spiro atoms. The minimum Gasteiger partial charge on any atom is -0.393 e. The summed E-state index contributed by atoms with van der Waals surface area (Å²) in [6.07, 6.45) is 4.16. The van der Waals surface area contributed by atoms with Gasteiger partial charge in [-0.3, -0.25) is 4.98 Å². The van der Waals surface area contributed by atoms with Crippen LogP contribution in [0.5, 0.6) is 0 Å². The Balaban J connectivity index is 1.51. The Morgan fingerprint density at radius 1 is 0.815 bits per heavy atom. The number of fused-ring (bicyclic) bond motifs is 1. The molecule has 2 aromatic heterocycles. The standard InChI is InChI=1S/C21H20N6/c22-18-20(24-13-11-15-6-2-1-3-7-15)25-14-26-21(18)27-17-10-4-8-16-9-5-12-23-19(16)17/h1-10,12,14H,11,13,22H2,(H2,24,25,26,27). The molecule has 4 N–H and O–H groups in total. The van der Waals surface area contributed by atoms with Crippen molar-refractivity contribution in [3.63, 3.8) is 0 Å². The van der Waals surface area contributed by atoms with Crippen LogP contribution in [0.2, 0.25) is 0 Å². The normalized spacial score (nSPS) is 10.7. The second-order valence-corrected chi connectivity index (χ2v) is 6.15. The lowest BCUT2D eigenvalue weighted by Crippen LogP contribution is -2.10. The molecule has 134 valence electrons. The van der Waals surface area contributed by atoms with Gasteiger partial charge in [0.05, 0.1) is 11.2 Å². The van der Waals surface area contributed by atoms with E-state index in [0.29, 0.717) is 17.3 Å². The van der Waals surface area contributed by atoms with Crippen molar-refractivity contribution in [2.24, 2.45) is 0 Å². The molecule has 6 nitrogen and oxygen atoms in total. The quantitative estimate of drug-likeness (QED) is 0.484. The van der Waals surface area contributed by atoms with E-state index in [0.717, 1.165) is 29.6 Å². The molecular weight excluding hydrogens is 336 g/mol. The van der Waals surface area contributed by atoms with E-state index in [1.54, 1.807) is 6.20 Å². The van der Waals surface area contributed by atoms with Gasteiger partial charge in [-0.15, -0.1) is 0 Å². The molecule has 0 bridgehead atoms. The molecule has 0 aliphatic carbocycles. The molecule has 27 heavy (non-hydrogen) atoms. The molecule has 2 heterocycles. The minimum atomic E-state index is 0.485. The predicted molar refractivity (Wildman–Crippen MR) is 110 cm³/mol. The SMILES string of the molecule is Nc1c(NCCc2ccccc2)ncnc1Nc1cccc2cccnc12. The van der Waals surface area contributed by atoms with Gasteiger partial charge in [-0.25, -0.2) is 9.97 Å². The van der Waals surface area contributed by atoms with Gasteiger partial charge in [-0.1, -0.05) is 48.5 Å². The third kappa shape index (κ3) is 3.79.